The molecule has 0 aliphatic rings. The number of likely N-dealkylation sites (N-methyl/N-ethyl adjacent to an activating group) is 1. The molecule has 0 aromatic carbocycles. The SMILES string of the molecule is C=CN(C)CCOC. The lowest BCUT2D eigenvalue weighted by molar-refractivity contribution is 0.178. The van der Waals surface area contributed by atoms with E-state index < -0.39 is 0 Å². The Morgan fingerprint density at radius 1 is 1.75 bits per heavy atom. The van der Waals surface area contributed by atoms with Gasteiger partial charge < -0.3 is 9.64 Å². The fourth-order valence-corrected chi connectivity index (χ4v) is 0.327. The van der Waals surface area contributed by atoms with Gasteiger partial charge in [-0.25, -0.2) is 0 Å². The van der Waals surface area contributed by atoms with Crippen LogP contribution in [0.4, 0.5) is 0 Å². The predicted molar refractivity (Wildman–Crippen MR) is 34.7 cm³/mol. The Kier molecular flexibility index (Phi) is 4.36. The molecule has 0 fully saturated rings. The number of nitrogens with zero attached hydrogens (tertiary/aromatic N) is 1. The molecule has 2 nitrogen and oxygen atoms in total. The molecule has 48 valence electrons. The van der Waals surface area contributed by atoms with Gasteiger partial charge in [0.05, 0.1) is 6.61 Å². The first kappa shape index (κ1) is 7.50. The molecule has 0 N–H and O–H groups in total. The van der Waals surface area contributed by atoms with Gasteiger partial charge in [0.15, 0.2) is 0 Å². The van der Waals surface area contributed by atoms with Crippen molar-refractivity contribution in [1.29, 1.82) is 0 Å². The average molecular weight is 115 g/mol. The molecular weight excluding hydrogens is 102 g/mol. The summed E-state index contributed by atoms with van der Waals surface area (Å²) in [4.78, 5) is 1.98. The third-order valence-electron chi connectivity index (χ3n) is 0.960. The smallest absolute Gasteiger partial charge is 0.0637 e. The molecule has 8 heavy (non-hydrogen) atoms. The number of hydrogen-bond donors (Lipinski definition) is 0. The summed E-state index contributed by atoms with van der Waals surface area (Å²) >= 11 is 0. The van der Waals surface area contributed by atoms with Crippen molar-refractivity contribution in [1.82, 2.24) is 4.90 Å². The van der Waals surface area contributed by atoms with Crippen molar-refractivity contribution in [2.75, 3.05) is 27.3 Å². The summed E-state index contributed by atoms with van der Waals surface area (Å²) in [7, 11) is 3.66. The first-order valence-corrected chi connectivity index (χ1v) is 2.63. The minimum Gasteiger partial charge on any atom is -0.383 e. The summed E-state index contributed by atoms with van der Waals surface area (Å²) in [6.45, 7) is 5.27. The average Bonchev–Trinajstić information content (AvgIpc) is 1.83. The lowest BCUT2D eigenvalue weighted by Gasteiger charge is -2.10. The minimum atomic E-state index is 0.766. The quantitative estimate of drug-likeness (QED) is 0.535. The van der Waals surface area contributed by atoms with Crippen molar-refractivity contribution in [3.8, 4) is 0 Å². The van der Waals surface area contributed by atoms with Crippen LogP contribution >= 0.6 is 0 Å². The Morgan fingerprint density at radius 3 is 2.75 bits per heavy atom. The summed E-state index contributed by atoms with van der Waals surface area (Å²) in [5.74, 6) is 0. The lowest BCUT2D eigenvalue weighted by atomic mass is 10.6. The van der Waals surface area contributed by atoms with Crippen LogP contribution in [0.15, 0.2) is 12.8 Å². The molecule has 0 saturated heterocycles. The normalized spacial score (nSPS) is 8.75. The van der Waals surface area contributed by atoms with Gasteiger partial charge in [-0.2, -0.15) is 0 Å². The van der Waals surface area contributed by atoms with E-state index in [0.717, 1.165) is 13.2 Å². The Balaban J connectivity index is 2.98. The fourth-order valence-electron chi connectivity index (χ4n) is 0.327. The van der Waals surface area contributed by atoms with E-state index in [-0.39, 0.29) is 0 Å². The highest BCUT2D eigenvalue weighted by molar-refractivity contribution is 4.64. The van der Waals surface area contributed by atoms with E-state index in [1.165, 1.54) is 0 Å². The van der Waals surface area contributed by atoms with Crippen LogP contribution in [-0.4, -0.2) is 32.2 Å². The second kappa shape index (κ2) is 4.65. The Bertz CT molecular complexity index is 63.5. The van der Waals surface area contributed by atoms with Crippen molar-refractivity contribution < 1.29 is 4.74 Å². The van der Waals surface area contributed by atoms with Gasteiger partial charge in [-0.05, 0) is 6.20 Å². The van der Waals surface area contributed by atoms with Crippen molar-refractivity contribution in [2.45, 2.75) is 0 Å². The van der Waals surface area contributed by atoms with Gasteiger partial charge in [-0.3, -0.25) is 0 Å². The standard InChI is InChI=1S/C6H13NO/c1-4-7(2)5-6-8-3/h4H,1,5-6H2,2-3H3. The van der Waals surface area contributed by atoms with Crippen molar-refractivity contribution in [3.05, 3.63) is 12.8 Å². The van der Waals surface area contributed by atoms with Gasteiger partial charge in [0, 0.05) is 20.7 Å². The monoisotopic (exact) mass is 115 g/mol. The Hall–Kier alpha value is -0.500. The van der Waals surface area contributed by atoms with Crippen LogP contribution in [0.2, 0.25) is 0 Å². The van der Waals surface area contributed by atoms with Crippen LogP contribution in [-0.2, 0) is 4.74 Å². The number of rotatable bonds is 4. The topological polar surface area (TPSA) is 12.5 Å². The maximum absolute atomic E-state index is 4.82. The summed E-state index contributed by atoms with van der Waals surface area (Å²) in [5, 5.41) is 0. The van der Waals surface area contributed by atoms with E-state index in [2.05, 4.69) is 6.58 Å². The van der Waals surface area contributed by atoms with Crippen LogP contribution < -0.4 is 0 Å². The number of ether oxygens (including phenoxy) is 1. The summed E-state index contributed by atoms with van der Waals surface area (Å²) in [6.07, 6.45) is 1.78. The first-order valence-electron chi connectivity index (χ1n) is 2.63. The summed E-state index contributed by atoms with van der Waals surface area (Å²) in [6, 6.07) is 0. The van der Waals surface area contributed by atoms with Crippen LogP contribution in [0, 0.1) is 0 Å². The second-order valence-corrected chi connectivity index (χ2v) is 1.66. The molecule has 0 aromatic heterocycles. The maximum atomic E-state index is 4.82. The summed E-state index contributed by atoms with van der Waals surface area (Å²) in [5.41, 5.74) is 0. The third-order valence-corrected chi connectivity index (χ3v) is 0.960. The molecule has 0 spiro atoms. The number of hydrogen-bond acceptors (Lipinski definition) is 2. The van der Waals surface area contributed by atoms with Gasteiger partial charge in [0.1, 0.15) is 0 Å². The van der Waals surface area contributed by atoms with Crippen LogP contribution in [0.5, 0.6) is 0 Å². The molecule has 0 radical (unpaired) electrons. The van der Waals surface area contributed by atoms with E-state index in [9.17, 15) is 0 Å². The molecule has 0 unspecified atom stereocenters. The van der Waals surface area contributed by atoms with Crippen molar-refractivity contribution in [2.24, 2.45) is 0 Å². The second-order valence-electron chi connectivity index (χ2n) is 1.66. The van der Waals surface area contributed by atoms with Gasteiger partial charge >= 0.3 is 0 Å². The van der Waals surface area contributed by atoms with E-state index in [1.807, 2.05) is 11.9 Å². The zero-order chi connectivity index (χ0) is 6.41. The highest BCUT2D eigenvalue weighted by atomic mass is 16.5. The maximum Gasteiger partial charge on any atom is 0.0637 e. The molecule has 0 saturated carbocycles. The van der Waals surface area contributed by atoms with E-state index in [4.69, 9.17) is 4.74 Å². The van der Waals surface area contributed by atoms with Gasteiger partial charge in [0.2, 0.25) is 0 Å². The van der Waals surface area contributed by atoms with Crippen LogP contribution in [0.25, 0.3) is 0 Å². The molecule has 0 aliphatic heterocycles. The Morgan fingerprint density at radius 2 is 2.38 bits per heavy atom. The minimum absolute atomic E-state index is 0.766. The Labute approximate surface area is 50.7 Å². The zero-order valence-corrected chi connectivity index (χ0v) is 5.55. The first-order chi connectivity index (χ1) is 3.81. The van der Waals surface area contributed by atoms with E-state index in [1.54, 1.807) is 13.3 Å². The molecule has 0 aromatic rings. The molecule has 0 bridgehead atoms. The fraction of sp³-hybridized carbons (Fsp3) is 0.667. The third kappa shape index (κ3) is 3.68. The molecule has 0 atom stereocenters. The van der Waals surface area contributed by atoms with Gasteiger partial charge in [-0.15, -0.1) is 0 Å². The molecule has 0 heterocycles. The molecular formula is C6H13NO. The van der Waals surface area contributed by atoms with Crippen molar-refractivity contribution in [3.63, 3.8) is 0 Å². The zero-order valence-electron chi connectivity index (χ0n) is 5.55. The summed E-state index contributed by atoms with van der Waals surface area (Å²) < 4.78 is 4.82. The van der Waals surface area contributed by atoms with Gasteiger partial charge in [0.25, 0.3) is 0 Å². The molecule has 0 amide bonds. The highest BCUT2D eigenvalue weighted by Crippen LogP contribution is 1.79. The molecule has 0 rings (SSSR count). The number of methoxy groups -OCH3 is 1. The van der Waals surface area contributed by atoms with Crippen LogP contribution in [0.3, 0.4) is 0 Å². The predicted octanol–water partition coefficient (Wildman–Crippen LogP) is 0.708. The van der Waals surface area contributed by atoms with Crippen molar-refractivity contribution >= 4 is 0 Å². The lowest BCUT2D eigenvalue weighted by Crippen LogP contribution is -2.15. The highest BCUT2D eigenvalue weighted by Gasteiger charge is 1.85. The van der Waals surface area contributed by atoms with Gasteiger partial charge in [-0.1, -0.05) is 6.58 Å². The van der Waals surface area contributed by atoms with E-state index >= 15 is 0 Å². The van der Waals surface area contributed by atoms with Crippen LogP contribution in [0.1, 0.15) is 0 Å². The largest absolute Gasteiger partial charge is 0.383 e. The van der Waals surface area contributed by atoms with E-state index in [0.29, 0.717) is 0 Å². The molecule has 0 aliphatic carbocycles. The molecule has 2 heteroatoms.